The topological polar surface area (TPSA) is 28.2 Å². The molecule has 4 aromatic rings. The van der Waals surface area contributed by atoms with E-state index in [1.54, 1.807) is 0 Å². The van der Waals surface area contributed by atoms with Gasteiger partial charge in [0.2, 0.25) is 0 Å². The van der Waals surface area contributed by atoms with Crippen molar-refractivity contribution in [2.24, 2.45) is 0 Å². The van der Waals surface area contributed by atoms with Crippen molar-refractivity contribution in [2.45, 2.75) is 18.8 Å². The first-order chi connectivity index (χ1) is 13.6. The van der Waals surface area contributed by atoms with Crippen LogP contribution >= 0.6 is 23.2 Å². The normalized spacial score (nSPS) is 12.3. The Hall–Kier alpha value is -2.49. The van der Waals surface area contributed by atoms with Crippen molar-refractivity contribution in [2.75, 3.05) is 17.3 Å². The minimum atomic E-state index is -0.0890. The van der Waals surface area contributed by atoms with Crippen LogP contribution < -0.4 is 10.2 Å². The molecule has 28 heavy (non-hydrogen) atoms. The molecule has 0 saturated heterocycles. The zero-order chi connectivity index (χ0) is 19.7. The van der Waals surface area contributed by atoms with Gasteiger partial charge in [0.15, 0.2) is 0 Å². The molecule has 0 aliphatic carbocycles. The number of hydrogen-bond donors (Lipinski definition) is 1. The van der Waals surface area contributed by atoms with Gasteiger partial charge in [0.25, 0.3) is 0 Å². The van der Waals surface area contributed by atoms with Crippen LogP contribution in [0.25, 0.3) is 21.8 Å². The number of anilines is 3. The quantitative estimate of drug-likeness (QED) is 0.214. The van der Waals surface area contributed by atoms with E-state index in [1.165, 1.54) is 0 Å². The molecule has 0 radical (unpaired) electrons. The Morgan fingerprint density at radius 3 is 2.18 bits per heavy atom. The summed E-state index contributed by atoms with van der Waals surface area (Å²) < 4.78 is 0. The Bertz CT molecular complexity index is 1090. The number of alkyl halides is 1. The number of nitrogens with zero attached hydrogens (tertiary/aromatic N) is 2. The van der Waals surface area contributed by atoms with Gasteiger partial charge in [0.05, 0.1) is 16.7 Å². The molecule has 142 valence electrons. The molecule has 1 unspecified atom stereocenters. The first kappa shape index (κ1) is 18.9. The van der Waals surface area contributed by atoms with Gasteiger partial charge < -0.3 is 10.2 Å². The molecule has 0 aliphatic heterocycles. The van der Waals surface area contributed by atoms with Crippen molar-refractivity contribution in [1.29, 1.82) is 0 Å². The van der Waals surface area contributed by atoms with Crippen molar-refractivity contribution in [3.63, 3.8) is 0 Å². The SMILES string of the molecule is CCC(Cl)N(C)c1cc(Cl)cc(Nc2c3ccccc3nc3ccccc23)c1. The fourth-order valence-electron chi connectivity index (χ4n) is 3.40. The van der Waals surface area contributed by atoms with E-state index in [4.69, 9.17) is 28.2 Å². The van der Waals surface area contributed by atoms with E-state index < -0.39 is 0 Å². The predicted molar refractivity (Wildman–Crippen MR) is 122 cm³/mol. The highest BCUT2D eigenvalue weighted by Crippen LogP contribution is 2.35. The molecule has 0 bridgehead atoms. The number of nitrogens with one attached hydrogen (secondary N) is 1. The Morgan fingerprint density at radius 1 is 0.964 bits per heavy atom. The first-order valence-corrected chi connectivity index (χ1v) is 10.1. The van der Waals surface area contributed by atoms with Crippen molar-refractivity contribution in [3.8, 4) is 0 Å². The summed E-state index contributed by atoms with van der Waals surface area (Å²) in [7, 11) is 1.98. The third kappa shape index (κ3) is 3.60. The highest BCUT2D eigenvalue weighted by molar-refractivity contribution is 6.31. The van der Waals surface area contributed by atoms with Crippen LogP contribution in [0.4, 0.5) is 17.1 Å². The molecule has 4 rings (SSSR count). The molecule has 1 N–H and O–H groups in total. The number of fused-ring (bicyclic) bond motifs is 2. The van der Waals surface area contributed by atoms with E-state index in [0.29, 0.717) is 5.02 Å². The van der Waals surface area contributed by atoms with Gasteiger partial charge in [-0.3, -0.25) is 0 Å². The lowest BCUT2D eigenvalue weighted by atomic mass is 10.1. The minimum absolute atomic E-state index is 0.0890. The van der Waals surface area contributed by atoms with Crippen molar-refractivity contribution < 1.29 is 0 Å². The van der Waals surface area contributed by atoms with E-state index in [2.05, 4.69) is 30.4 Å². The maximum Gasteiger partial charge on any atom is 0.103 e. The number of rotatable bonds is 5. The number of halogens is 2. The lowest BCUT2D eigenvalue weighted by Gasteiger charge is -2.25. The molecule has 0 amide bonds. The third-order valence-electron chi connectivity index (χ3n) is 4.90. The molecule has 0 spiro atoms. The van der Waals surface area contributed by atoms with Gasteiger partial charge in [-0.05, 0) is 36.8 Å². The molecule has 0 fully saturated rings. The minimum Gasteiger partial charge on any atom is -0.358 e. The maximum atomic E-state index is 6.43. The van der Waals surface area contributed by atoms with Crippen LogP contribution in [-0.4, -0.2) is 17.5 Å². The summed E-state index contributed by atoms with van der Waals surface area (Å²) in [4.78, 5) is 6.81. The van der Waals surface area contributed by atoms with Crippen molar-refractivity contribution in [1.82, 2.24) is 4.98 Å². The second-order valence-electron chi connectivity index (χ2n) is 6.80. The van der Waals surface area contributed by atoms with Gasteiger partial charge in [0, 0.05) is 34.2 Å². The molecule has 3 aromatic carbocycles. The van der Waals surface area contributed by atoms with Crippen LogP contribution in [-0.2, 0) is 0 Å². The van der Waals surface area contributed by atoms with E-state index in [9.17, 15) is 0 Å². The Balaban J connectivity index is 1.85. The summed E-state index contributed by atoms with van der Waals surface area (Å²) in [6, 6.07) is 22.2. The molecular weight excluding hydrogens is 389 g/mol. The molecule has 1 heterocycles. The smallest absolute Gasteiger partial charge is 0.103 e. The second kappa shape index (κ2) is 7.86. The van der Waals surface area contributed by atoms with Crippen LogP contribution in [0.1, 0.15) is 13.3 Å². The molecule has 3 nitrogen and oxygen atoms in total. The predicted octanol–water partition coefficient (Wildman–Crippen LogP) is 7.20. The van der Waals surface area contributed by atoms with Crippen LogP contribution in [0.5, 0.6) is 0 Å². The summed E-state index contributed by atoms with van der Waals surface area (Å²) in [5, 5.41) is 6.39. The monoisotopic (exact) mass is 409 g/mol. The van der Waals surface area contributed by atoms with E-state index in [1.807, 2.05) is 60.5 Å². The third-order valence-corrected chi connectivity index (χ3v) is 5.72. The van der Waals surface area contributed by atoms with Gasteiger partial charge in [-0.15, -0.1) is 0 Å². The fourth-order valence-corrected chi connectivity index (χ4v) is 3.75. The molecule has 0 saturated carbocycles. The summed E-state index contributed by atoms with van der Waals surface area (Å²) >= 11 is 12.8. The summed E-state index contributed by atoms with van der Waals surface area (Å²) in [5.41, 5.74) is 4.73. The van der Waals surface area contributed by atoms with Gasteiger partial charge in [0.1, 0.15) is 5.50 Å². The van der Waals surface area contributed by atoms with Gasteiger partial charge in [-0.1, -0.05) is 66.5 Å². The molecule has 0 aliphatic rings. The molecule has 1 atom stereocenters. The van der Waals surface area contributed by atoms with Crippen molar-refractivity contribution in [3.05, 3.63) is 71.8 Å². The van der Waals surface area contributed by atoms with Crippen LogP contribution in [0.2, 0.25) is 5.02 Å². The average molecular weight is 410 g/mol. The van der Waals surface area contributed by atoms with Crippen molar-refractivity contribution >= 4 is 62.1 Å². The highest BCUT2D eigenvalue weighted by atomic mass is 35.5. The lowest BCUT2D eigenvalue weighted by Crippen LogP contribution is -2.25. The van der Waals surface area contributed by atoms with E-state index in [0.717, 1.165) is 45.3 Å². The maximum absolute atomic E-state index is 6.43. The van der Waals surface area contributed by atoms with Crippen LogP contribution in [0.15, 0.2) is 66.7 Å². The molecular formula is C23H21Cl2N3. The summed E-state index contributed by atoms with van der Waals surface area (Å²) in [6.45, 7) is 2.06. The molecule has 1 aromatic heterocycles. The fraction of sp³-hybridized carbons (Fsp3) is 0.174. The number of pyridine rings is 1. The zero-order valence-electron chi connectivity index (χ0n) is 15.8. The Morgan fingerprint density at radius 2 is 1.57 bits per heavy atom. The average Bonchev–Trinajstić information content (AvgIpc) is 2.72. The largest absolute Gasteiger partial charge is 0.358 e. The second-order valence-corrected chi connectivity index (χ2v) is 7.74. The number of aromatic nitrogens is 1. The van der Waals surface area contributed by atoms with E-state index >= 15 is 0 Å². The number of para-hydroxylation sites is 2. The Labute approximate surface area is 174 Å². The summed E-state index contributed by atoms with van der Waals surface area (Å²) in [6.07, 6.45) is 0.840. The first-order valence-electron chi connectivity index (χ1n) is 9.29. The number of benzene rings is 3. The summed E-state index contributed by atoms with van der Waals surface area (Å²) in [5.74, 6) is 0. The molecule has 5 heteroatoms. The number of hydrogen-bond acceptors (Lipinski definition) is 3. The lowest BCUT2D eigenvalue weighted by molar-refractivity contribution is 0.787. The van der Waals surface area contributed by atoms with Gasteiger partial charge in [-0.25, -0.2) is 4.98 Å². The van der Waals surface area contributed by atoms with Gasteiger partial charge in [-0.2, -0.15) is 0 Å². The van der Waals surface area contributed by atoms with Gasteiger partial charge >= 0.3 is 0 Å². The van der Waals surface area contributed by atoms with Crippen LogP contribution in [0, 0.1) is 0 Å². The Kier molecular flexibility index (Phi) is 5.29. The zero-order valence-corrected chi connectivity index (χ0v) is 17.3. The highest BCUT2D eigenvalue weighted by Gasteiger charge is 2.13. The standard InChI is InChI=1S/C23H21Cl2N3/c1-3-22(25)28(2)17-13-15(24)12-16(14-17)26-23-18-8-4-6-10-20(18)27-21-11-7-5-9-19(21)23/h4-14,22H,3H2,1-2H3,(H,26,27). The van der Waals surface area contributed by atoms with Crippen LogP contribution in [0.3, 0.4) is 0 Å². The van der Waals surface area contributed by atoms with E-state index in [-0.39, 0.29) is 5.50 Å².